The zero-order valence-electron chi connectivity index (χ0n) is 15.6. The lowest BCUT2D eigenvalue weighted by Crippen LogP contribution is -2.26. The summed E-state index contributed by atoms with van der Waals surface area (Å²) in [5.74, 6) is 0.845. The van der Waals surface area contributed by atoms with E-state index in [1.54, 1.807) is 7.11 Å². The minimum absolute atomic E-state index is 0.00463. The Morgan fingerprint density at radius 2 is 1.85 bits per heavy atom. The topological polar surface area (TPSA) is 42.3 Å². The van der Waals surface area contributed by atoms with Crippen LogP contribution in [0.5, 0.6) is 5.75 Å². The molecule has 4 rings (SSSR count). The number of hydrogen-bond acceptors (Lipinski definition) is 3. The molecular weight excluding hydrogens is 356 g/mol. The number of aryl methyl sites for hydroxylation is 1. The molecule has 3 aromatic rings. The fourth-order valence-electron chi connectivity index (χ4n) is 3.70. The highest BCUT2D eigenvalue weighted by Gasteiger charge is 2.39. The van der Waals surface area contributed by atoms with E-state index in [0.29, 0.717) is 0 Å². The maximum absolute atomic E-state index is 5.56. The number of nitrogens with zero attached hydrogens (tertiary/aromatic N) is 3. The minimum Gasteiger partial charge on any atom is -0.497 e. The maximum Gasteiger partial charge on any atom is 0.169 e. The third-order valence-electron chi connectivity index (χ3n) is 5.08. The van der Waals surface area contributed by atoms with Crippen molar-refractivity contribution in [2.24, 2.45) is 0 Å². The first-order valence-electron chi connectivity index (χ1n) is 8.87. The summed E-state index contributed by atoms with van der Waals surface area (Å²) in [6, 6.07) is 18.5. The van der Waals surface area contributed by atoms with Gasteiger partial charge in [-0.2, -0.15) is 0 Å². The van der Waals surface area contributed by atoms with Crippen molar-refractivity contribution >= 4 is 17.3 Å². The lowest BCUT2D eigenvalue weighted by molar-refractivity contribution is 0.356. The van der Waals surface area contributed by atoms with E-state index >= 15 is 0 Å². The van der Waals surface area contributed by atoms with Gasteiger partial charge >= 0.3 is 0 Å². The Kier molecular flexibility index (Phi) is 4.58. The molecule has 27 heavy (non-hydrogen) atoms. The van der Waals surface area contributed by atoms with E-state index in [-0.39, 0.29) is 12.1 Å². The van der Waals surface area contributed by atoms with Crippen LogP contribution in [-0.2, 0) is 0 Å². The van der Waals surface area contributed by atoms with Crippen molar-refractivity contribution in [2.75, 3.05) is 14.2 Å². The van der Waals surface area contributed by atoms with Gasteiger partial charge in [0.15, 0.2) is 5.11 Å². The van der Waals surface area contributed by atoms with Gasteiger partial charge in [0.05, 0.1) is 24.9 Å². The summed E-state index contributed by atoms with van der Waals surface area (Å²) in [5.41, 5.74) is 4.41. The molecule has 1 aromatic carbocycles. The molecule has 2 atom stereocenters. The standard InChI is InChI=1S/C21H22N4OS/c1-14-7-12-18(25(14)15-8-10-16(26-3)11-9-15)20-19(23-21(27)24(20)2)17-6-4-5-13-22-17/h4-13,19-20H,1-3H3,(H,23,27)/t19-,20+/m0/s1. The van der Waals surface area contributed by atoms with Gasteiger partial charge in [-0.3, -0.25) is 4.98 Å². The van der Waals surface area contributed by atoms with Crippen molar-refractivity contribution in [3.05, 3.63) is 77.9 Å². The fraction of sp³-hybridized carbons (Fsp3) is 0.238. The molecule has 0 aliphatic carbocycles. The highest BCUT2D eigenvalue weighted by Crippen LogP contribution is 2.39. The predicted molar refractivity (Wildman–Crippen MR) is 110 cm³/mol. The van der Waals surface area contributed by atoms with Crippen molar-refractivity contribution in [3.8, 4) is 11.4 Å². The number of benzene rings is 1. The number of nitrogens with one attached hydrogen (secondary N) is 1. The monoisotopic (exact) mass is 378 g/mol. The lowest BCUT2D eigenvalue weighted by Gasteiger charge is -2.26. The lowest BCUT2D eigenvalue weighted by atomic mass is 10.0. The van der Waals surface area contributed by atoms with E-state index in [4.69, 9.17) is 17.0 Å². The molecule has 1 aliphatic heterocycles. The molecule has 0 bridgehead atoms. The second kappa shape index (κ2) is 7.04. The van der Waals surface area contributed by atoms with E-state index in [2.05, 4.69) is 51.0 Å². The summed E-state index contributed by atoms with van der Waals surface area (Å²) >= 11 is 5.56. The number of methoxy groups -OCH3 is 1. The number of pyridine rings is 1. The third kappa shape index (κ3) is 3.06. The van der Waals surface area contributed by atoms with E-state index in [1.165, 1.54) is 11.4 Å². The summed E-state index contributed by atoms with van der Waals surface area (Å²) in [4.78, 5) is 6.68. The fourth-order valence-corrected chi connectivity index (χ4v) is 3.94. The number of thiocarbonyl (C=S) groups is 1. The van der Waals surface area contributed by atoms with Crippen LogP contribution in [0.4, 0.5) is 0 Å². The molecular formula is C21H22N4OS. The molecule has 5 nitrogen and oxygen atoms in total. The summed E-state index contributed by atoms with van der Waals surface area (Å²) in [7, 11) is 3.71. The average molecular weight is 379 g/mol. The molecule has 1 N–H and O–H groups in total. The second-order valence-corrected chi connectivity index (χ2v) is 7.06. The Labute approximate surface area is 164 Å². The van der Waals surface area contributed by atoms with Crippen LogP contribution in [0, 0.1) is 6.92 Å². The molecule has 0 radical (unpaired) electrons. The summed E-state index contributed by atoms with van der Waals surface area (Å²) in [5, 5.41) is 4.17. The molecule has 0 amide bonds. The van der Waals surface area contributed by atoms with Gasteiger partial charge in [-0.15, -0.1) is 0 Å². The van der Waals surface area contributed by atoms with Crippen LogP contribution >= 0.6 is 12.2 Å². The SMILES string of the molecule is COc1ccc(-n2c(C)ccc2[C@@H]2[C@H](c3ccccn3)NC(=S)N2C)cc1. The Morgan fingerprint density at radius 3 is 2.52 bits per heavy atom. The maximum atomic E-state index is 5.56. The smallest absolute Gasteiger partial charge is 0.169 e. The molecule has 1 saturated heterocycles. The van der Waals surface area contributed by atoms with Gasteiger partial charge in [0.2, 0.25) is 0 Å². The van der Waals surface area contributed by atoms with Crippen molar-refractivity contribution in [1.29, 1.82) is 0 Å². The Hall–Kier alpha value is -2.86. The van der Waals surface area contributed by atoms with Crippen molar-refractivity contribution in [3.63, 3.8) is 0 Å². The summed E-state index contributed by atoms with van der Waals surface area (Å²) in [6.07, 6.45) is 1.82. The van der Waals surface area contributed by atoms with E-state index < -0.39 is 0 Å². The molecule has 1 aliphatic rings. The van der Waals surface area contributed by atoms with Gasteiger partial charge in [-0.1, -0.05) is 6.07 Å². The first-order chi connectivity index (χ1) is 13.1. The molecule has 2 aromatic heterocycles. The quantitative estimate of drug-likeness (QED) is 0.700. The molecule has 0 unspecified atom stereocenters. The van der Waals surface area contributed by atoms with Gasteiger partial charge in [0.25, 0.3) is 0 Å². The Morgan fingerprint density at radius 1 is 1.07 bits per heavy atom. The molecule has 138 valence electrons. The molecule has 0 saturated carbocycles. The van der Waals surface area contributed by atoms with Gasteiger partial charge in [-0.25, -0.2) is 0 Å². The van der Waals surface area contributed by atoms with Crippen molar-refractivity contribution in [1.82, 2.24) is 19.8 Å². The van der Waals surface area contributed by atoms with Crippen LogP contribution in [0.2, 0.25) is 0 Å². The zero-order valence-corrected chi connectivity index (χ0v) is 16.4. The first-order valence-corrected chi connectivity index (χ1v) is 9.28. The van der Waals surface area contributed by atoms with E-state index in [1.807, 2.05) is 43.6 Å². The minimum atomic E-state index is -0.00463. The third-order valence-corrected chi connectivity index (χ3v) is 5.48. The highest BCUT2D eigenvalue weighted by atomic mass is 32.1. The van der Waals surface area contributed by atoms with Crippen molar-refractivity contribution in [2.45, 2.75) is 19.0 Å². The van der Waals surface area contributed by atoms with Gasteiger partial charge in [0, 0.05) is 30.3 Å². The molecule has 0 spiro atoms. The van der Waals surface area contributed by atoms with Gasteiger partial charge < -0.3 is 19.5 Å². The molecule has 3 heterocycles. The number of ether oxygens (including phenoxy) is 1. The van der Waals surface area contributed by atoms with Crippen LogP contribution < -0.4 is 10.1 Å². The van der Waals surface area contributed by atoms with Crippen LogP contribution in [0.1, 0.15) is 29.2 Å². The number of rotatable bonds is 4. The van der Waals surface area contributed by atoms with E-state index in [9.17, 15) is 0 Å². The van der Waals surface area contributed by atoms with Crippen LogP contribution in [0.3, 0.4) is 0 Å². The molecule has 1 fully saturated rings. The van der Waals surface area contributed by atoms with Gasteiger partial charge in [0.1, 0.15) is 5.75 Å². The molecule has 6 heteroatoms. The number of aromatic nitrogens is 2. The normalized spacial score (nSPS) is 19.2. The highest BCUT2D eigenvalue weighted by molar-refractivity contribution is 7.80. The predicted octanol–water partition coefficient (Wildman–Crippen LogP) is 3.79. The largest absolute Gasteiger partial charge is 0.497 e. The first kappa shape index (κ1) is 17.5. The van der Waals surface area contributed by atoms with E-state index in [0.717, 1.165) is 22.2 Å². The second-order valence-electron chi connectivity index (χ2n) is 6.67. The Bertz CT molecular complexity index is 952. The van der Waals surface area contributed by atoms with Crippen molar-refractivity contribution < 1.29 is 4.74 Å². The van der Waals surface area contributed by atoms with Crippen LogP contribution in [0.25, 0.3) is 5.69 Å². The zero-order chi connectivity index (χ0) is 19.0. The van der Waals surface area contributed by atoms with Crippen LogP contribution in [0.15, 0.2) is 60.8 Å². The average Bonchev–Trinajstić information content (AvgIpc) is 3.22. The van der Waals surface area contributed by atoms with Gasteiger partial charge in [-0.05, 0) is 67.7 Å². The summed E-state index contributed by atoms with van der Waals surface area (Å²) in [6.45, 7) is 2.12. The number of hydrogen-bond donors (Lipinski definition) is 1. The Balaban J connectivity index is 1.81. The van der Waals surface area contributed by atoms with Crippen LogP contribution in [-0.4, -0.2) is 33.7 Å². The number of likely N-dealkylation sites (N-methyl/N-ethyl adjacent to an activating group) is 1. The summed E-state index contributed by atoms with van der Waals surface area (Å²) < 4.78 is 7.57.